The summed E-state index contributed by atoms with van der Waals surface area (Å²) in [5.74, 6) is -0.182. The summed E-state index contributed by atoms with van der Waals surface area (Å²) in [5, 5.41) is 14.4. The first kappa shape index (κ1) is 25.6. The number of carbonyl (C=O) groups excluding carboxylic acids is 1. The number of nitrogens with one attached hydrogen (secondary N) is 1. The van der Waals surface area contributed by atoms with Gasteiger partial charge in [-0.25, -0.2) is 4.79 Å². The number of phenols is 1. The summed E-state index contributed by atoms with van der Waals surface area (Å²) in [6.07, 6.45) is 1.75. The van der Waals surface area contributed by atoms with Crippen molar-refractivity contribution in [1.82, 2.24) is 19.7 Å². The highest BCUT2D eigenvalue weighted by Crippen LogP contribution is 2.40. The van der Waals surface area contributed by atoms with Crippen molar-refractivity contribution in [2.24, 2.45) is 0 Å². The lowest BCUT2D eigenvalue weighted by atomic mass is 9.82. The van der Waals surface area contributed by atoms with E-state index in [1.54, 1.807) is 4.90 Å². The van der Waals surface area contributed by atoms with Gasteiger partial charge in [0.15, 0.2) is 5.75 Å². The molecule has 0 spiro atoms. The zero-order valence-electron chi connectivity index (χ0n) is 20.1. The zero-order valence-corrected chi connectivity index (χ0v) is 21.7. The van der Waals surface area contributed by atoms with E-state index in [9.17, 15) is 19.5 Å². The number of phenolic OH excluding ortho intramolecular Hbond substituents is 1. The van der Waals surface area contributed by atoms with E-state index in [2.05, 4.69) is 29.1 Å². The van der Waals surface area contributed by atoms with Crippen LogP contribution in [-0.2, 0) is 5.41 Å². The molecule has 3 aromatic carbocycles. The lowest BCUT2D eigenvalue weighted by molar-refractivity contribution is 0.0781. The number of aromatic amines is 1. The smallest absolute Gasteiger partial charge is 0.349 e. The number of amides is 1. The molecule has 1 aliphatic rings. The minimum Gasteiger partial charge on any atom is -0.507 e. The average molecular weight is 553 g/mol. The fourth-order valence-corrected chi connectivity index (χ4v) is 5.10. The van der Waals surface area contributed by atoms with E-state index >= 15 is 0 Å². The second-order valence-corrected chi connectivity index (χ2v) is 10.1. The van der Waals surface area contributed by atoms with Crippen molar-refractivity contribution in [3.63, 3.8) is 0 Å². The Morgan fingerprint density at radius 2 is 1.79 bits per heavy atom. The summed E-state index contributed by atoms with van der Waals surface area (Å²) < 4.78 is 6.82. The van der Waals surface area contributed by atoms with Gasteiger partial charge < -0.3 is 14.7 Å². The van der Waals surface area contributed by atoms with Gasteiger partial charge in [-0.05, 0) is 42.3 Å². The van der Waals surface area contributed by atoms with E-state index in [1.165, 1.54) is 30.3 Å². The van der Waals surface area contributed by atoms with E-state index in [0.717, 1.165) is 22.9 Å². The summed E-state index contributed by atoms with van der Waals surface area (Å²) in [4.78, 5) is 40.6. The van der Waals surface area contributed by atoms with Crippen LogP contribution in [0.1, 0.15) is 29.3 Å². The van der Waals surface area contributed by atoms with Crippen molar-refractivity contribution >= 4 is 29.1 Å². The molecule has 0 aliphatic carbocycles. The first-order chi connectivity index (χ1) is 18.1. The standard InChI is InChI=1S/C27H22Cl2N4O5/c1-27(16-5-3-2-4-6-16)9-10-32(15-27)25(36)19-13-18(7-8-22(19)34)38-24-20(28)11-17(12-21(24)29)33-26(37)31-23(35)14-30-33/h2-8,11-14,34H,9-10,15H2,1H3,(H,31,35,37). The van der Waals surface area contributed by atoms with E-state index in [4.69, 9.17) is 27.9 Å². The van der Waals surface area contributed by atoms with Crippen LogP contribution >= 0.6 is 23.2 Å². The van der Waals surface area contributed by atoms with E-state index in [-0.39, 0.29) is 49.9 Å². The molecule has 1 saturated heterocycles. The molecule has 1 amide bonds. The van der Waals surface area contributed by atoms with E-state index < -0.39 is 11.2 Å². The molecule has 1 aromatic heterocycles. The quantitative estimate of drug-likeness (QED) is 0.375. The Hall–Kier alpha value is -4.08. The van der Waals surface area contributed by atoms with Gasteiger partial charge in [0, 0.05) is 18.5 Å². The Labute approximate surface area is 226 Å². The van der Waals surface area contributed by atoms with Gasteiger partial charge in [-0.3, -0.25) is 14.6 Å². The minimum absolute atomic E-state index is 0.0616. The van der Waals surface area contributed by atoms with Crippen LogP contribution in [0.4, 0.5) is 0 Å². The van der Waals surface area contributed by atoms with Gasteiger partial charge in [0.25, 0.3) is 11.5 Å². The molecule has 11 heteroatoms. The number of aromatic nitrogens is 3. The summed E-state index contributed by atoms with van der Waals surface area (Å²) in [5.41, 5.74) is -0.126. The van der Waals surface area contributed by atoms with Crippen LogP contribution in [0.15, 0.2) is 76.4 Å². The molecule has 1 atom stereocenters. The maximum absolute atomic E-state index is 13.4. The second-order valence-electron chi connectivity index (χ2n) is 9.27. The van der Waals surface area contributed by atoms with Crippen LogP contribution in [0.3, 0.4) is 0 Å². The number of H-pyrrole nitrogens is 1. The number of halogens is 2. The van der Waals surface area contributed by atoms with E-state index in [0.29, 0.717) is 13.1 Å². The van der Waals surface area contributed by atoms with Gasteiger partial charge in [-0.1, -0.05) is 60.5 Å². The molecular formula is C27H22Cl2N4O5. The van der Waals surface area contributed by atoms with Crippen LogP contribution in [0, 0.1) is 0 Å². The fourth-order valence-electron chi connectivity index (χ4n) is 4.55. The van der Waals surface area contributed by atoms with Crippen molar-refractivity contribution in [2.45, 2.75) is 18.8 Å². The van der Waals surface area contributed by atoms with Crippen LogP contribution in [0.25, 0.3) is 5.69 Å². The maximum atomic E-state index is 13.4. The molecule has 0 bridgehead atoms. The molecular weight excluding hydrogens is 531 g/mol. The van der Waals surface area contributed by atoms with Crippen LogP contribution in [0.5, 0.6) is 17.2 Å². The van der Waals surface area contributed by atoms with Gasteiger partial charge in [0.2, 0.25) is 0 Å². The lowest BCUT2D eigenvalue weighted by Gasteiger charge is -2.25. The first-order valence-corrected chi connectivity index (χ1v) is 12.4. The SMILES string of the molecule is CC1(c2ccccc2)CCN(C(=O)c2cc(Oc3c(Cl)cc(-n4ncc(=O)[nH]c4=O)cc3Cl)ccc2O)C1. The molecule has 1 aliphatic heterocycles. The van der Waals surface area contributed by atoms with Crippen molar-refractivity contribution in [3.05, 3.63) is 109 Å². The number of carbonyl (C=O) groups is 1. The molecule has 0 saturated carbocycles. The highest BCUT2D eigenvalue weighted by Gasteiger charge is 2.38. The van der Waals surface area contributed by atoms with Crippen molar-refractivity contribution in [3.8, 4) is 22.9 Å². The molecule has 5 rings (SSSR count). The molecule has 1 unspecified atom stereocenters. The molecule has 0 radical (unpaired) electrons. The van der Waals surface area contributed by atoms with Crippen molar-refractivity contribution < 1.29 is 14.6 Å². The van der Waals surface area contributed by atoms with Crippen LogP contribution < -0.4 is 16.0 Å². The Morgan fingerprint density at radius 1 is 1.08 bits per heavy atom. The molecule has 4 aromatic rings. The maximum Gasteiger partial charge on any atom is 0.349 e. The number of rotatable bonds is 5. The average Bonchev–Trinajstić information content (AvgIpc) is 3.30. The Balaban J connectivity index is 1.39. The molecule has 2 heterocycles. The third-order valence-electron chi connectivity index (χ3n) is 6.59. The van der Waals surface area contributed by atoms with Gasteiger partial charge in [0.05, 0.1) is 21.3 Å². The molecule has 2 N–H and O–H groups in total. The Kier molecular flexibility index (Phi) is 6.73. The van der Waals surface area contributed by atoms with Gasteiger partial charge >= 0.3 is 5.69 Å². The fraction of sp³-hybridized carbons (Fsp3) is 0.185. The third-order valence-corrected chi connectivity index (χ3v) is 7.15. The minimum atomic E-state index is -0.759. The number of ether oxygens (including phenoxy) is 1. The first-order valence-electron chi connectivity index (χ1n) is 11.7. The monoisotopic (exact) mass is 552 g/mol. The highest BCUT2D eigenvalue weighted by atomic mass is 35.5. The number of likely N-dealkylation sites (tertiary alicyclic amines) is 1. The number of benzene rings is 3. The molecule has 38 heavy (non-hydrogen) atoms. The summed E-state index contributed by atoms with van der Waals surface area (Å²) in [6.45, 7) is 3.18. The number of hydrogen-bond donors (Lipinski definition) is 2. The number of hydrogen-bond acceptors (Lipinski definition) is 6. The highest BCUT2D eigenvalue weighted by molar-refractivity contribution is 6.37. The van der Waals surface area contributed by atoms with E-state index in [1.807, 2.05) is 18.2 Å². The summed E-state index contributed by atoms with van der Waals surface area (Å²) >= 11 is 12.8. The Morgan fingerprint density at radius 3 is 2.47 bits per heavy atom. The molecule has 9 nitrogen and oxygen atoms in total. The van der Waals surface area contributed by atoms with Crippen LogP contribution in [0.2, 0.25) is 10.0 Å². The topological polar surface area (TPSA) is 118 Å². The normalized spacial score (nSPS) is 17.0. The summed E-state index contributed by atoms with van der Waals surface area (Å²) in [6, 6.07) is 17.1. The molecule has 194 valence electrons. The molecule has 1 fully saturated rings. The number of aromatic hydroxyl groups is 1. The van der Waals surface area contributed by atoms with Gasteiger partial charge in [0.1, 0.15) is 17.7 Å². The van der Waals surface area contributed by atoms with Gasteiger partial charge in [-0.2, -0.15) is 9.78 Å². The predicted molar refractivity (Wildman–Crippen MR) is 143 cm³/mol. The van der Waals surface area contributed by atoms with Crippen molar-refractivity contribution in [2.75, 3.05) is 13.1 Å². The zero-order chi connectivity index (χ0) is 27.0. The van der Waals surface area contributed by atoms with Gasteiger partial charge in [-0.15, -0.1) is 0 Å². The van der Waals surface area contributed by atoms with Crippen LogP contribution in [-0.4, -0.2) is 43.8 Å². The largest absolute Gasteiger partial charge is 0.507 e. The third kappa shape index (κ3) is 4.90. The second kappa shape index (κ2) is 10.00. The summed E-state index contributed by atoms with van der Waals surface area (Å²) in [7, 11) is 0. The lowest BCUT2D eigenvalue weighted by Crippen LogP contribution is -2.32. The van der Waals surface area contributed by atoms with Crippen molar-refractivity contribution in [1.29, 1.82) is 0 Å². The number of nitrogens with zero attached hydrogens (tertiary/aromatic N) is 3. The predicted octanol–water partition coefficient (Wildman–Crippen LogP) is 4.53. The Bertz CT molecular complexity index is 1630.